The molecule has 1 aromatic rings. The molecule has 0 heterocycles. The number of halogens is 2. The normalized spacial score (nSPS) is 16.0. The molecule has 1 saturated carbocycles. The van der Waals surface area contributed by atoms with Crippen molar-refractivity contribution in [1.82, 2.24) is 10.2 Å². The second-order valence-electron chi connectivity index (χ2n) is 6.48. The minimum absolute atomic E-state index is 0. The summed E-state index contributed by atoms with van der Waals surface area (Å²) in [5.74, 6) is -0.101. The van der Waals surface area contributed by atoms with E-state index in [1.807, 2.05) is 6.07 Å². The van der Waals surface area contributed by atoms with E-state index in [4.69, 9.17) is 5.73 Å². The number of carbonyl (C=O) groups excluding carboxylic acids is 1. The van der Waals surface area contributed by atoms with Crippen molar-refractivity contribution < 1.29 is 4.79 Å². The molecule has 1 aliphatic rings. The van der Waals surface area contributed by atoms with Crippen LogP contribution in [0.4, 0.5) is 0 Å². The second-order valence-corrected chi connectivity index (χ2v) is 6.48. The Morgan fingerprint density at radius 3 is 2.38 bits per heavy atom. The molecule has 0 spiro atoms. The fraction of sp³-hybridized carbons (Fsp3) is 0.611. The Labute approximate surface area is 158 Å². The molecule has 1 aliphatic carbocycles. The lowest BCUT2D eigenvalue weighted by Crippen LogP contribution is -2.38. The molecular formula is C18H31Cl2N3O. The molecule has 0 radical (unpaired) electrons. The highest BCUT2D eigenvalue weighted by molar-refractivity contribution is 5.85. The first-order chi connectivity index (χ1) is 10.6. The Morgan fingerprint density at radius 1 is 1.21 bits per heavy atom. The van der Waals surface area contributed by atoms with Gasteiger partial charge in [-0.15, -0.1) is 24.8 Å². The van der Waals surface area contributed by atoms with Gasteiger partial charge in [-0.05, 0) is 37.9 Å². The largest absolute Gasteiger partial charge is 0.351 e. The zero-order chi connectivity index (χ0) is 15.9. The molecule has 1 atom stereocenters. The van der Waals surface area contributed by atoms with Crippen molar-refractivity contribution >= 4 is 30.7 Å². The number of amides is 1. The molecule has 0 unspecified atom stereocenters. The molecule has 1 aromatic carbocycles. The van der Waals surface area contributed by atoms with Gasteiger partial charge in [0.1, 0.15) is 0 Å². The Kier molecular flexibility index (Phi) is 11.3. The number of hydrogen-bond acceptors (Lipinski definition) is 3. The van der Waals surface area contributed by atoms with Crippen molar-refractivity contribution in [2.24, 2.45) is 5.73 Å². The van der Waals surface area contributed by atoms with Crippen LogP contribution in [0.5, 0.6) is 0 Å². The van der Waals surface area contributed by atoms with Crippen molar-refractivity contribution in [3.8, 4) is 0 Å². The topological polar surface area (TPSA) is 58.4 Å². The van der Waals surface area contributed by atoms with Crippen LogP contribution in [0.1, 0.15) is 50.2 Å². The minimum Gasteiger partial charge on any atom is -0.351 e. The summed E-state index contributed by atoms with van der Waals surface area (Å²) in [5.41, 5.74) is 8.07. The predicted molar refractivity (Wildman–Crippen MR) is 105 cm³/mol. The number of hydrogen-bond donors (Lipinski definition) is 2. The molecule has 6 heteroatoms. The van der Waals surface area contributed by atoms with Crippen LogP contribution in [0.3, 0.4) is 0 Å². The second kappa shape index (κ2) is 11.7. The van der Waals surface area contributed by atoms with Crippen LogP contribution < -0.4 is 11.1 Å². The highest BCUT2D eigenvalue weighted by Gasteiger charge is 2.18. The molecular weight excluding hydrogens is 345 g/mol. The zero-order valence-corrected chi connectivity index (χ0v) is 16.3. The molecule has 2 rings (SSSR count). The average Bonchev–Trinajstić information content (AvgIpc) is 2.54. The lowest BCUT2D eigenvalue weighted by molar-refractivity contribution is -0.122. The van der Waals surface area contributed by atoms with Crippen LogP contribution >= 0.6 is 24.8 Å². The first-order valence-corrected chi connectivity index (χ1v) is 8.38. The van der Waals surface area contributed by atoms with Gasteiger partial charge in [0.25, 0.3) is 0 Å². The van der Waals surface area contributed by atoms with E-state index in [1.54, 1.807) is 6.92 Å². The third-order valence-corrected chi connectivity index (χ3v) is 4.60. The number of benzene rings is 1. The van der Waals surface area contributed by atoms with E-state index in [0.717, 1.165) is 6.54 Å². The van der Waals surface area contributed by atoms with E-state index >= 15 is 0 Å². The molecule has 0 aromatic heterocycles. The zero-order valence-electron chi connectivity index (χ0n) is 14.7. The average molecular weight is 376 g/mol. The minimum atomic E-state index is -0.461. The van der Waals surface area contributed by atoms with E-state index in [9.17, 15) is 4.79 Å². The number of nitrogens with two attached hydrogens (primary N) is 1. The maximum absolute atomic E-state index is 11.7. The van der Waals surface area contributed by atoms with Gasteiger partial charge < -0.3 is 11.1 Å². The molecule has 4 nitrogen and oxygen atoms in total. The Balaban J connectivity index is 0.00000264. The van der Waals surface area contributed by atoms with Crippen LogP contribution in [0, 0.1) is 0 Å². The smallest absolute Gasteiger partial charge is 0.236 e. The van der Waals surface area contributed by atoms with E-state index in [-0.39, 0.29) is 30.7 Å². The third-order valence-electron chi connectivity index (χ3n) is 4.60. The van der Waals surface area contributed by atoms with Crippen LogP contribution in [0.25, 0.3) is 0 Å². The Morgan fingerprint density at radius 2 is 1.79 bits per heavy atom. The highest BCUT2D eigenvalue weighted by atomic mass is 35.5. The van der Waals surface area contributed by atoms with Gasteiger partial charge in [-0.3, -0.25) is 9.69 Å². The van der Waals surface area contributed by atoms with Crippen LogP contribution in [0.2, 0.25) is 0 Å². The standard InChI is InChI=1S/C18H29N3O.2ClH/c1-14(19)18(22)20-12-15-8-6-7-9-16(15)13-21(2)17-10-4-3-5-11-17;;/h6-9,14,17H,3-5,10-13,19H2,1-2H3,(H,20,22);2*1H/t14-;;/m1../s1. The molecule has 0 saturated heterocycles. The third kappa shape index (κ3) is 6.98. The summed E-state index contributed by atoms with van der Waals surface area (Å²) in [6, 6.07) is 8.58. The van der Waals surface area contributed by atoms with Crippen molar-refractivity contribution in [2.75, 3.05) is 7.05 Å². The number of carbonyl (C=O) groups is 1. The highest BCUT2D eigenvalue weighted by Crippen LogP contribution is 2.23. The fourth-order valence-corrected chi connectivity index (χ4v) is 3.15. The lowest BCUT2D eigenvalue weighted by atomic mass is 9.94. The van der Waals surface area contributed by atoms with E-state index < -0.39 is 6.04 Å². The number of nitrogens with zero attached hydrogens (tertiary/aromatic N) is 1. The number of rotatable bonds is 6. The molecule has 1 fully saturated rings. The maximum atomic E-state index is 11.7. The summed E-state index contributed by atoms with van der Waals surface area (Å²) in [6.07, 6.45) is 6.69. The van der Waals surface area contributed by atoms with Gasteiger partial charge in [-0.1, -0.05) is 43.5 Å². The van der Waals surface area contributed by atoms with E-state index in [2.05, 4.69) is 35.5 Å². The molecule has 3 N–H and O–H groups in total. The molecule has 24 heavy (non-hydrogen) atoms. The van der Waals surface area contributed by atoms with Crippen molar-refractivity contribution in [1.29, 1.82) is 0 Å². The summed E-state index contributed by atoms with van der Waals surface area (Å²) >= 11 is 0. The Hall–Kier alpha value is -0.810. The fourth-order valence-electron chi connectivity index (χ4n) is 3.15. The van der Waals surface area contributed by atoms with Gasteiger partial charge in [0, 0.05) is 19.1 Å². The summed E-state index contributed by atoms with van der Waals surface area (Å²) in [7, 11) is 2.22. The molecule has 0 bridgehead atoms. The van der Waals surface area contributed by atoms with Gasteiger partial charge in [0.05, 0.1) is 6.04 Å². The first-order valence-electron chi connectivity index (χ1n) is 8.38. The van der Waals surface area contributed by atoms with E-state index in [0.29, 0.717) is 12.6 Å². The van der Waals surface area contributed by atoms with Gasteiger partial charge in [-0.2, -0.15) is 0 Å². The number of nitrogens with one attached hydrogen (secondary N) is 1. The lowest BCUT2D eigenvalue weighted by Gasteiger charge is -2.31. The summed E-state index contributed by atoms with van der Waals surface area (Å²) in [4.78, 5) is 14.1. The van der Waals surface area contributed by atoms with Crippen LogP contribution in [-0.2, 0) is 17.9 Å². The van der Waals surface area contributed by atoms with Crippen molar-refractivity contribution in [3.05, 3.63) is 35.4 Å². The van der Waals surface area contributed by atoms with Crippen molar-refractivity contribution in [3.63, 3.8) is 0 Å². The van der Waals surface area contributed by atoms with Gasteiger partial charge in [0.15, 0.2) is 0 Å². The first kappa shape index (κ1) is 23.2. The summed E-state index contributed by atoms with van der Waals surface area (Å²) in [6.45, 7) is 3.20. The van der Waals surface area contributed by atoms with Crippen LogP contribution in [0.15, 0.2) is 24.3 Å². The SMILES string of the molecule is C[C@@H](N)C(=O)NCc1ccccc1CN(C)C1CCCCC1.Cl.Cl. The van der Waals surface area contributed by atoms with Gasteiger partial charge in [-0.25, -0.2) is 0 Å². The maximum Gasteiger partial charge on any atom is 0.236 e. The van der Waals surface area contributed by atoms with Crippen LogP contribution in [-0.4, -0.2) is 29.9 Å². The summed E-state index contributed by atoms with van der Waals surface area (Å²) < 4.78 is 0. The molecule has 138 valence electrons. The quantitative estimate of drug-likeness (QED) is 0.801. The Bertz CT molecular complexity index is 491. The van der Waals surface area contributed by atoms with E-state index in [1.165, 1.54) is 43.2 Å². The molecule has 0 aliphatic heterocycles. The molecule has 1 amide bonds. The monoisotopic (exact) mass is 375 g/mol. The van der Waals surface area contributed by atoms with Crippen molar-refractivity contribution in [2.45, 2.75) is 64.2 Å². The predicted octanol–water partition coefficient (Wildman–Crippen LogP) is 3.26. The van der Waals surface area contributed by atoms with Gasteiger partial charge in [0.2, 0.25) is 5.91 Å². The summed E-state index contributed by atoms with van der Waals surface area (Å²) in [5, 5.41) is 2.91. The van der Waals surface area contributed by atoms with Gasteiger partial charge >= 0.3 is 0 Å².